The molecule has 0 nitrogen and oxygen atoms in total. The Morgan fingerprint density at radius 1 is 0.846 bits per heavy atom. The molecule has 0 spiro atoms. The van der Waals surface area contributed by atoms with Gasteiger partial charge >= 0.3 is 0 Å². The number of thioether (sulfide) groups is 1. The average molecular weight is 198 g/mol. The summed E-state index contributed by atoms with van der Waals surface area (Å²) in [7, 11) is 0. The summed E-state index contributed by atoms with van der Waals surface area (Å²) in [5.74, 6) is 2.84. The third kappa shape index (κ3) is 2.23. The summed E-state index contributed by atoms with van der Waals surface area (Å²) >= 11 is 2.22. The maximum Gasteiger partial charge on any atom is -0.00132 e. The van der Waals surface area contributed by atoms with Crippen LogP contribution in [0.15, 0.2) is 0 Å². The summed E-state index contributed by atoms with van der Waals surface area (Å²) in [4.78, 5) is 0. The summed E-state index contributed by atoms with van der Waals surface area (Å²) in [6.07, 6.45) is 8.89. The second-order valence-electron chi connectivity index (χ2n) is 5.82. The predicted molar refractivity (Wildman–Crippen MR) is 61.2 cm³/mol. The first-order valence-electron chi connectivity index (χ1n) is 5.70. The van der Waals surface area contributed by atoms with Crippen molar-refractivity contribution >= 4 is 11.8 Å². The molecule has 0 aromatic rings. The van der Waals surface area contributed by atoms with Crippen LogP contribution in [0.1, 0.15) is 52.4 Å². The van der Waals surface area contributed by atoms with Crippen LogP contribution in [-0.2, 0) is 0 Å². The van der Waals surface area contributed by atoms with Crippen LogP contribution < -0.4 is 0 Å². The van der Waals surface area contributed by atoms with Gasteiger partial charge in [-0.1, -0.05) is 26.7 Å². The molecule has 2 aliphatic rings. The van der Waals surface area contributed by atoms with Gasteiger partial charge in [0, 0.05) is 0 Å². The van der Waals surface area contributed by atoms with E-state index in [0.717, 1.165) is 10.8 Å². The van der Waals surface area contributed by atoms with Gasteiger partial charge in [-0.3, -0.25) is 0 Å². The minimum absolute atomic E-state index is 0.727. The predicted octanol–water partition coefficient (Wildman–Crippen LogP) is 4.10. The quantitative estimate of drug-likeness (QED) is 0.655. The molecule has 0 amide bonds. The molecule has 0 aliphatic heterocycles. The van der Waals surface area contributed by atoms with Crippen LogP contribution in [0, 0.1) is 10.8 Å². The molecule has 2 rings (SSSR count). The van der Waals surface area contributed by atoms with Gasteiger partial charge in [-0.25, -0.2) is 0 Å². The fourth-order valence-corrected chi connectivity index (χ4v) is 4.06. The first kappa shape index (κ1) is 9.89. The fraction of sp³-hybridized carbons (Fsp3) is 1.00. The van der Waals surface area contributed by atoms with Crippen molar-refractivity contribution in [3.05, 3.63) is 0 Å². The Hall–Kier alpha value is 0.350. The molecular formula is C12H22S. The molecule has 0 radical (unpaired) electrons. The van der Waals surface area contributed by atoms with Gasteiger partial charge in [0.2, 0.25) is 0 Å². The molecule has 1 heteroatoms. The van der Waals surface area contributed by atoms with Crippen LogP contribution in [-0.4, -0.2) is 11.5 Å². The molecule has 0 aromatic heterocycles. The van der Waals surface area contributed by atoms with Gasteiger partial charge in [0.1, 0.15) is 0 Å². The lowest BCUT2D eigenvalue weighted by atomic mass is 9.72. The fourth-order valence-electron chi connectivity index (χ4n) is 2.39. The average Bonchev–Trinajstić information content (AvgIpc) is 1.98. The second kappa shape index (κ2) is 3.49. The molecule has 13 heavy (non-hydrogen) atoms. The SMILES string of the molecule is CC1(CSCC2(C)CCC2)CCC1. The van der Waals surface area contributed by atoms with E-state index in [9.17, 15) is 0 Å². The number of rotatable bonds is 4. The highest BCUT2D eigenvalue weighted by Gasteiger charge is 2.35. The molecular weight excluding hydrogens is 176 g/mol. The third-order valence-electron chi connectivity index (χ3n) is 4.02. The Kier molecular flexibility index (Phi) is 2.65. The summed E-state index contributed by atoms with van der Waals surface area (Å²) in [5.41, 5.74) is 1.45. The van der Waals surface area contributed by atoms with Gasteiger partial charge in [-0.15, -0.1) is 0 Å². The summed E-state index contributed by atoms with van der Waals surface area (Å²) < 4.78 is 0. The van der Waals surface area contributed by atoms with Crippen molar-refractivity contribution in [1.82, 2.24) is 0 Å². The molecule has 76 valence electrons. The van der Waals surface area contributed by atoms with Crippen LogP contribution in [0.4, 0.5) is 0 Å². The third-order valence-corrected chi connectivity index (χ3v) is 5.82. The summed E-state index contributed by atoms with van der Waals surface area (Å²) in [5, 5.41) is 0. The second-order valence-corrected chi connectivity index (χ2v) is 6.81. The molecule has 2 aliphatic carbocycles. The molecule has 2 saturated carbocycles. The minimum atomic E-state index is 0.727. The van der Waals surface area contributed by atoms with Crippen LogP contribution in [0.3, 0.4) is 0 Å². The molecule has 0 N–H and O–H groups in total. The van der Waals surface area contributed by atoms with Crippen LogP contribution in [0.2, 0.25) is 0 Å². The van der Waals surface area contributed by atoms with E-state index in [1.54, 1.807) is 0 Å². The van der Waals surface area contributed by atoms with Gasteiger partial charge in [0.15, 0.2) is 0 Å². The molecule has 0 heterocycles. The highest BCUT2D eigenvalue weighted by molar-refractivity contribution is 7.99. The maximum atomic E-state index is 2.46. The molecule has 0 aromatic carbocycles. The van der Waals surface area contributed by atoms with Gasteiger partial charge in [-0.2, -0.15) is 11.8 Å². The first-order valence-corrected chi connectivity index (χ1v) is 6.85. The highest BCUT2D eigenvalue weighted by Crippen LogP contribution is 2.47. The Balaban J connectivity index is 1.63. The van der Waals surface area contributed by atoms with E-state index < -0.39 is 0 Å². The normalized spacial score (nSPS) is 29.1. The van der Waals surface area contributed by atoms with Crippen LogP contribution in [0.25, 0.3) is 0 Å². The van der Waals surface area contributed by atoms with E-state index in [-0.39, 0.29) is 0 Å². The van der Waals surface area contributed by atoms with Crippen molar-refractivity contribution in [2.45, 2.75) is 52.4 Å². The van der Waals surface area contributed by atoms with Gasteiger partial charge in [0.25, 0.3) is 0 Å². The highest BCUT2D eigenvalue weighted by atomic mass is 32.2. The van der Waals surface area contributed by atoms with Gasteiger partial charge in [-0.05, 0) is 48.0 Å². The van der Waals surface area contributed by atoms with E-state index >= 15 is 0 Å². The van der Waals surface area contributed by atoms with E-state index in [4.69, 9.17) is 0 Å². The zero-order chi connectivity index (χ0) is 9.36. The van der Waals surface area contributed by atoms with Crippen molar-refractivity contribution < 1.29 is 0 Å². The largest absolute Gasteiger partial charge is 0.161 e. The molecule has 0 bridgehead atoms. The Bertz CT molecular complexity index is 158. The Morgan fingerprint density at radius 2 is 1.23 bits per heavy atom. The van der Waals surface area contributed by atoms with Crippen LogP contribution in [0.5, 0.6) is 0 Å². The van der Waals surface area contributed by atoms with E-state index in [1.165, 1.54) is 50.0 Å². The number of hydrogen-bond acceptors (Lipinski definition) is 1. The van der Waals surface area contributed by atoms with E-state index in [1.807, 2.05) is 0 Å². The minimum Gasteiger partial charge on any atom is -0.161 e. The molecule has 0 saturated heterocycles. The lowest BCUT2D eigenvalue weighted by molar-refractivity contribution is 0.189. The molecule has 2 fully saturated rings. The summed E-state index contributed by atoms with van der Waals surface area (Å²) in [6, 6.07) is 0. The standard InChI is InChI=1S/C12H22S/c1-11(5-3-6-11)9-13-10-12(2)7-4-8-12/h3-10H2,1-2H3. The molecule has 0 unspecified atom stereocenters. The van der Waals surface area contributed by atoms with Crippen molar-refractivity contribution in [2.75, 3.05) is 11.5 Å². The van der Waals surface area contributed by atoms with E-state index in [0.29, 0.717) is 0 Å². The van der Waals surface area contributed by atoms with Crippen molar-refractivity contribution in [2.24, 2.45) is 10.8 Å². The van der Waals surface area contributed by atoms with Gasteiger partial charge in [0.05, 0.1) is 0 Å². The van der Waals surface area contributed by atoms with Crippen molar-refractivity contribution in [3.8, 4) is 0 Å². The van der Waals surface area contributed by atoms with Gasteiger partial charge < -0.3 is 0 Å². The van der Waals surface area contributed by atoms with Crippen molar-refractivity contribution in [3.63, 3.8) is 0 Å². The Labute approximate surface area is 86.9 Å². The number of hydrogen-bond donors (Lipinski definition) is 0. The summed E-state index contributed by atoms with van der Waals surface area (Å²) in [6.45, 7) is 4.93. The zero-order valence-electron chi connectivity index (χ0n) is 9.07. The monoisotopic (exact) mass is 198 g/mol. The smallest absolute Gasteiger partial charge is 0.00132 e. The topological polar surface area (TPSA) is 0 Å². The van der Waals surface area contributed by atoms with E-state index in [2.05, 4.69) is 25.6 Å². The van der Waals surface area contributed by atoms with Crippen molar-refractivity contribution in [1.29, 1.82) is 0 Å². The molecule has 0 atom stereocenters. The first-order chi connectivity index (χ1) is 6.12. The Morgan fingerprint density at radius 3 is 1.46 bits per heavy atom. The maximum absolute atomic E-state index is 2.46. The lowest BCUT2D eigenvalue weighted by Gasteiger charge is -2.41. The zero-order valence-corrected chi connectivity index (χ0v) is 9.88. The lowest BCUT2D eigenvalue weighted by Crippen LogP contribution is -2.31. The van der Waals surface area contributed by atoms with Crippen LogP contribution >= 0.6 is 11.8 Å².